The molecule has 0 aliphatic carbocycles. The van der Waals surface area contributed by atoms with E-state index in [1.165, 1.54) is 7.11 Å². The monoisotopic (exact) mass is 202 g/mol. The highest BCUT2D eigenvalue weighted by Gasteiger charge is 2.14. The molecule has 0 spiro atoms. The van der Waals surface area contributed by atoms with Crippen LogP contribution in [0, 0.1) is 0 Å². The quantitative estimate of drug-likeness (QED) is 0.295. The third-order valence-corrected chi connectivity index (χ3v) is 0.928. The second-order valence-corrected chi connectivity index (χ2v) is 3.44. The maximum absolute atomic E-state index is 11.0. The zero-order chi connectivity index (χ0) is 11.2. The lowest BCUT2D eigenvalue weighted by atomic mass is 10.2. The van der Waals surface area contributed by atoms with Gasteiger partial charge in [0.15, 0.2) is 0 Å². The summed E-state index contributed by atoms with van der Waals surface area (Å²) in [6, 6.07) is 0. The van der Waals surface area contributed by atoms with Crippen molar-refractivity contribution in [3.8, 4) is 0 Å². The molecule has 5 heteroatoms. The SMILES string of the molecule is COOC(=O)/C=C/C(=O)OC(C)(C)C. The number of ether oxygens (including phenoxy) is 1. The minimum Gasteiger partial charge on any atom is -0.457 e. The van der Waals surface area contributed by atoms with Gasteiger partial charge < -0.3 is 4.74 Å². The highest BCUT2D eigenvalue weighted by atomic mass is 17.2. The summed E-state index contributed by atoms with van der Waals surface area (Å²) in [5, 5.41) is 0. The van der Waals surface area contributed by atoms with Crippen LogP contribution in [-0.2, 0) is 24.1 Å². The number of rotatable bonds is 3. The molecular weight excluding hydrogens is 188 g/mol. The van der Waals surface area contributed by atoms with Crippen molar-refractivity contribution in [2.75, 3.05) is 7.11 Å². The summed E-state index contributed by atoms with van der Waals surface area (Å²) < 4.78 is 4.89. The van der Waals surface area contributed by atoms with Gasteiger partial charge in [0.05, 0.1) is 7.11 Å². The van der Waals surface area contributed by atoms with Crippen molar-refractivity contribution >= 4 is 11.9 Å². The van der Waals surface area contributed by atoms with E-state index in [0.717, 1.165) is 12.2 Å². The standard InChI is InChI=1S/C9H14O5/c1-9(2,3)13-7(10)5-6-8(11)14-12-4/h5-6H,1-4H3/b6-5+. The van der Waals surface area contributed by atoms with Crippen molar-refractivity contribution in [2.24, 2.45) is 0 Å². The Labute approximate surface area is 82.6 Å². The van der Waals surface area contributed by atoms with Crippen LogP contribution in [0.4, 0.5) is 0 Å². The smallest absolute Gasteiger partial charge is 0.366 e. The van der Waals surface area contributed by atoms with Crippen LogP contribution in [0.15, 0.2) is 12.2 Å². The first-order chi connectivity index (χ1) is 6.35. The van der Waals surface area contributed by atoms with Gasteiger partial charge in [-0.3, -0.25) is 4.89 Å². The summed E-state index contributed by atoms with van der Waals surface area (Å²) >= 11 is 0. The van der Waals surface area contributed by atoms with Gasteiger partial charge in [-0.15, -0.1) is 0 Å². The van der Waals surface area contributed by atoms with Crippen LogP contribution in [0.2, 0.25) is 0 Å². The average Bonchev–Trinajstić information content (AvgIpc) is 1.98. The topological polar surface area (TPSA) is 61.8 Å². The van der Waals surface area contributed by atoms with Gasteiger partial charge in [-0.2, -0.15) is 4.89 Å². The first kappa shape index (κ1) is 12.6. The van der Waals surface area contributed by atoms with Crippen LogP contribution in [0.25, 0.3) is 0 Å². The fraction of sp³-hybridized carbons (Fsp3) is 0.556. The summed E-state index contributed by atoms with van der Waals surface area (Å²) in [6.07, 6.45) is 1.91. The Bertz CT molecular complexity index is 236. The molecule has 0 saturated heterocycles. The third-order valence-electron chi connectivity index (χ3n) is 0.928. The van der Waals surface area contributed by atoms with Gasteiger partial charge in [-0.1, -0.05) is 0 Å². The fourth-order valence-corrected chi connectivity index (χ4v) is 0.582. The highest BCUT2D eigenvalue weighted by molar-refractivity contribution is 5.91. The summed E-state index contributed by atoms with van der Waals surface area (Å²) in [6.45, 7) is 5.19. The third kappa shape index (κ3) is 7.30. The second-order valence-electron chi connectivity index (χ2n) is 3.44. The lowest BCUT2D eigenvalue weighted by molar-refractivity contribution is -0.249. The maximum Gasteiger partial charge on any atom is 0.366 e. The molecule has 5 nitrogen and oxygen atoms in total. The molecule has 0 aromatic rings. The van der Waals surface area contributed by atoms with Gasteiger partial charge in [0.1, 0.15) is 5.60 Å². The lowest BCUT2D eigenvalue weighted by Crippen LogP contribution is -2.22. The summed E-state index contributed by atoms with van der Waals surface area (Å²) in [5.41, 5.74) is -0.577. The van der Waals surface area contributed by atoms with Crippen molar-refractivity contribution in [1.29, 1.82) is 0 Å². The van der Waals surface area contributed by atoms with E-state index in [1.54, 1.807) is 20.8 Å². The van der Waals surface area contributed by atoms with E-state index in [2.05, 4.69) is 9.78 Å². The Morgan fingerprint density at radius 1 is 1.07 bits per heavy atom. The Morgan fingerprint density at radius 2 is 1.57 bits per heavy atom. The number of carbonyl (C=O) groups is 2. The lowest BCUT2D eigenvalue weighted by Gasteiger charge is -2.17. The molecule has 0 heterocycles. The molecule has 0 saturated carbocycles. The molecule has 0 N–H and O–H groups in total. The summed E-state index contributed by atoms with van der Waals surface area (Å²) in [4.78, 5) is 29.9. The van der Waals surface area contributed by atoms with Crippen LogP contribution in [0.3, 0.4) is 0 Å². The average molecular weight is 202 g/mol. The molecule has 0 aliphatic heterocycles. The molecule has 0 atom stereocenters. The highest BCUT2D eigenvalue weighted by Crippen LogP contribution is 2.06. The van der Waals surface area contributed by atoms with Crippen molar-refractivity contribution in [3.63, 3.8) is 0 Å². The fourth-order valence-electron chi connectivity index (χ4n) is 0.582. The van der Waals surface area contributed by atoms with Gasteiger partial charge in [-0.25, -0.2) is 9.59 Å². The first-order valence-corrected chi connectivity index (χ1v) is 4.01. The summed E-state index contributed by atoms with van der Waals surface area (Å²) in [5.74, 6) is -1.37. The van der Waals surface area contributed by atoms with Crippen LogP contribution in [0.5, 0.6) is 0 Å². The minimum absolute atomic E-state index is 0.577. The normalized spacial score (nSPS) is 11.4. The number of carbonyl (C=O) groups excluding carboxylic acids is 2. The number of hydrogen-bond donors (Lipinski definition) is 0. The van der Waals surface area contributed by atoms with Gasteiger partial charge in [0, 0.05) is 12.2 Å². The maximum atomic E-state index is 11.0. The van der Waals surface area contributed by atoms with Crippen LogP contribution >= 0.6 is 0 Å². The van der Waals surface area contributed by atoms with E-state index < -0.39 is 17.5 Å². The molecule has 0 fully saturated rings. The Morgan fingerprint density at radius 3 is 2.00 bits per heavy atom. The molecule has 0 aromatic heterocycles. The van der Waals surface area contributed by atoms with E-state index in [9.17, 15) is 9.59 Å². The molecule has 0 unspecified atom stereocenters. The largest absolute Gasteiger partial charge is 0.457 e. The van der Waals surface area contributed by atoms with E-state index in [-0.39, 0.29) is 0 Å². The summed E-state index contributed by atoms with van der Waals surface area (Å²) in [7, 11) is 1.19. The van der Waals surface area contributed by atoms with Crippen molar-refractivity contribution in [2.45, 2.75) is 26.4 Å². The molecule has 0 aliphatic rings. The van der Waals surface area contributed by atoms with Gasteiger partial charge in [0.2, 0.25) is 0 Å². The Hall–Kier alpha value is -1.36. The molecule has 80 valence electrons. The van der Waals surface area contributed by atoms with Crippen LogP contribution in [-0.4, -0.2) is 24.6 Å². The molecular formula is C9H14O5. The van der Waals surface area contributed by atoms with Crippen LogP contribution < -0.4 is 0 Å². The van der Waals surface area contributed by atoms with Crippen molar-refractivity contribution in [3.05, 3.63) is 12.2 Å². The van der Waals surface area contributed by atoms with E-state index in [4.69, 9.17) is 4.74 Å². The van der Waals surface area contributed by atoms with Gasteiger partial charge in [0.25, 0.3) is 0 Å². The molecule has 0 bridgehead atoms. The van der Waals surface area contributed by atoms with Crippen molar-refractivity contribution < 1.29 is 24.1 Å². The predicted octanol–water partition coefficient (Wildman–Crippen LogP) is 0.989. The Kier molecular flexibility index (Phi) is 4.86. The molecule has 0 aromatic carbocycles. The first-order valence-electron chi connectivity index (χ1n) is 4.01. The zero-order valence-corrected chi connectivity index (χ0v) is 8.70. The Balaban J connectivity index is 4.00. The van der Waals surface area contributed by atoms with Gasteiger partial charge >= 0.3 is 11.9 Å². The van der Waals surface area contributed by atoms with E-state index >= 15 is 0 Å². The van der Waals surface area contributed by atoms with Gasteiger partial charge in [-0.05, 0) is 20.8 Å². The zero-order valence-electron chi connectivity index (χ0n) is 8.70. The number of hydrogen-bond acceptors (Lipinski definition) is 5. The predicted molar refractivity (Wildman–Crippen MR) is 48.1 cm³/mol. The van der Waals surface area contributed by atoms with Crippen molar-refractivity contribution in [1.82, 2.24) is 0 Å². The molecule has 0 rings (SSSR count). The molecule has 14 heavy (non-hydrogen) atoms. The molecule has 0 radical (unpaired) electrons. The molecule has 0 amide bonds. The van der Waals surface area contributed by atoms with E-state index in [1.807, 2.05) is 0 Å². The second kappa shape index (κ2) is 5.39. The van der Waals surface area contributed by atoms with E-state index in [0.29, 0.717) is 0 Å². The minimum atomic E-state index is -0.765. The van der Waals surface area contributed by atoms with Crippen LogP contribution in [0.1, 0.15) is 20.8 Å². The number of esters is 1.